The molecule has 0 atom stereocenters. The molecule has 84 valence electrons. The average Bonchev–Trinajstić information content (AvgIpc) is 2.83. The van der Waals surface area contributed by atoms with E-state index >= 15 is 0 Å². The third kappa shape index (κ3) is 1.89. The average molecular weight is 227 g/mol. The molecule has 3 nitrogen and oxygen atoms in total. The summed E-state index contributed by atoms with van der Waals surface area (Å²) < 4.78 is 15.7. The van der Waals surface area contributed by atoms with Gasteiger partial charge in [0.05, 0.1) is 18.4 Å². The van der Waals surface area contributed by atoms with Crippen LogP contribution in [0, 0.1) is 5.82 Å². The second-order valence-electron chi connectivity index (χ2n) is 3.87. The Hall–Kier alpha value is -2.23. The molecule has 0 N–H and O–H groups in total. The van der Waals surface area contributed by atoms with Crippen LogP contribution in [0.25, 0.3) is 10.9 Å². The second kappa shape index (κ2) is 3.97. The SMILES string of the molecule is Fc1cc2ncccc2cc1Cn1ccnc1. The van der Waals surface area contributed by atoms with Gasteiger partial charge in [-0.2, -0.15) is 0 Å². The molecule has 3 aromatic rings. The molecule has 0 fully saturated rings. The number of hydrogen-bond donors (Lipinski definition) is 0. The van der Waals surface area contributed by atoms with Crippen LogP contribution in [0.1, 0.15) is 5.56 Å². The van der Waals surface area contributed by atoms with Gasteiger partial charge in [0.15, 0.2) is 0 Å². The van der Waals surface area contributed by atoms with Gasteiger partial charge in [0.2, 0.25) is 0 Å². The number of hydrogen-bond acceptors (Lipinski definition) is 2. The van der Waals surface area contributed by atoms with Crippen LogP contribution < -0.4 is 0 Å². The van der Waals surface area contributed by atoms with E-state index in [0.717, 1.165) is 5.39 Å². The standard InChI is InChI=1S/C13H10FN3/c14-12-7-13-10(2-1-3-16-13)6-11(12)8-17-5-4-15-9-17/h1-7,9H,8H2. The van der Waals surface area contributed by atoms with Crippen LogP contribution in [-0.2, 0) is 6.54 Å². The van der Waals surface area contributed by atoms with Gasteiger partial charge in [-0.3, -0.25) is 4.98 Å². The van der Waals surface area contributed by atoms with Gasteiger partial charge in [-0.1, -0.05) is 6.07 Å². The predicted molar refractivity (Wildman–Crippen MR) is 63.0 cm³/mol. The summed E-state index contributed by atoms with van der Waals surface area (Å²) >= 11 is 0. The highest BCUT2D eigenvalue weighted by atomic mass is 19.1. The van der Waals surface area contributed by atoms with Gasteiger partial charge in [0.1, 0.15) is 5.82 Å². The lowest BCUT2D eigenvalue weighted by Gasteiger charge is -2.06. The molecule has 0 spiro atoms. The summed E-state index contributed by atoms with van der Waals surface area (Å²) in [6.45, 7) is 0.483. The van der Waals surface area contributed by atoms with E-state index in [1.165, 1.54) is 6.07 Å². The fourth-order valence-corrected chi connectivity index (χ4v) is 1.84. The molecule has 0 unspecified atom stereocenters. The molecule has 2 aromatic heterocycles. The normalized spacial score (nSPS) is 10.9. The summed E-state index contributed by atoms with van der Waals surface area (Å²) in [5, 5.41) is 0.948. The van der Waals surface area contributed by atoms with E-state index in [-0.39, 0.29) is 5.82 Å². The summed E-state index contributed by atoms with van der Waals surface area (Å²) in [4.78, 5) is 8.06. The van der Waals surface area contributed by atoms with Crippen LogP contribution in [0.2, 0.25) is 0 Å². The van der Waals surface area contributed by atoms with Crippen molar-refractivity contribution in [2.24, 2.45) is 0 Å². The van der Waals surface area contributed by atoms with E-state index in [0.29, 0.717) is 17.6 Å². The fourth-order valence-electron chi connectivity index (χ4n) is 1.84. The number of aromatic nitrogens is 3. The lowest BCUT2D eigenvalue weighted by Crippen LogP contribution is -1.99. The van der Waals surface area contributed by atoms with E-state index in [1.807, 2.05) is 29.0 Å². The quantitative estimate of drug-likeness (QED) is 0.673. The number of benzene rings is 1. The Morgan fingerprint density at radius 2 is 2.18 bits per heavy atom. The molecule has 4 heteroatoms. The highest BCUT2D eigenvalue weighted by Gasteiger charge is 2.05. The van der Waals surface area contributed by atoms with Gasteiger partial charge in [0, 0.05) is 35.6 Å². The summed E-state index contributed by atoms with van der Waals surface area (Å²) in [7, 11) is 0. The molecule has 1 aromatic carbocycles. The maximum Gasteiger partial charge on any atom is 0.130 e. The number of halogens is 1. The molecular formula is C13H10FN3. The first-order valence-corrected chi connectivity index (χ1v) is 5.32. The lowest BCUT2D eigenvalue weighted by molar-refractivity contribution is 0.601. The van der Waals surface area contributed by atoms with Gasteiger partial charge >= 0.3 is 0 Å². The van der Waals surface area contributed by atoms with Crippen molar-refractivity contribution in [3.8, 4) is 0 Å². The van der Waals surface area contributed by atoms with Crippen LogP contribution in [0.15, 0.2) is 49.2 Å². The smallest absolute Gasteiger partial charge is 0.130 e. The molecule has 0 saturated carbocycles. The van der Waals surface area contributed by atoms with E-state index < -0.39 is 0 Å². The molecule has 2 heterocycles. The number of fused-ring (bicyclic) bond motifs is 1. The molecule has 0 amide bonds. The Morgan fingerprint density at radius 1 is 1.24 bits per heavy atom. The number of rotatable bonds is 2. The first-order valence-electron chi connectivity index (χ1n) is 5.32. The molecular weight excluding hydrogens is 217 g/mol. The fraction of sp³-hybridized carbons (Fsp3) is 0.0769. The minimum absolute atomic E-state index is 0.232. The van der Waals surface area contributed by atoms with Crippen LogP contribution in [0.3, 0.4) is 0 Å². The molecule has 0 radical (unpaired) electrons. The van der Waals surface area contributed by atoms with Crippen molar-refractivity contribution in [2.45, 2.75) is 6.54 Å². The van der Waals surface area contributed by atoms with Crippen molar-refractivity contribution < 1.29 is 4.39 Å². The highest BCUT2D eigenvalue weighted by Crippen LogP contribution is 2.18. The Balaban J connectivity index is 2.07. The maximum absolute atomic E-state index is 13.8. The predicted octanol–water partition coefficient (Wildman–Crippen LogP) is 2.62. The zero-order valence-electron chi connectivity index (χ0n) is 9.05. The Labute approximate surface area is 97.6 Å². The van der Waals surface area contributed by atoms with Crippen molar-refractivity contribution in [1.82, 2.24) is 14.5 Å². The van der Waals surface area contributed by atoms with Crippen molar-refractivity contribution in [3.05, 3.63) is 60.6 Å². The van der Waals surface area contributed by atoms with Crippen molar-refractivity contribution in [1.29, 1.82) is 0 Å². The molecule has 0 aliphatic heterocycles. The monoisotopic (exact) mass is 227 g/mol. The molecule has 0 aliphatic carbocycles. The minimum atomic E-state index is -0.232. The Kier molecular flexibility index (Phi) is 2.33. The van der Waals surface area contributed by atoms with Gasteiger partial charge in [-0.15, -0.1) is 0 Å². The van der Waals surface area contributed by atoms with Crippen molar-refractivity contribution in [3.63, 3.8) is 0 Å². The van der Waals surface area contributed by atoms with Crippen LogP contribution in [0.5, 0.6) is 0 Å². The summed E-state index contributed by atoms with van der Waals surface area (Å²) in [5.74, 6) is -0.232. The van der Waals surface area contributed by atoms with Gasteiger partial charge in [0.25, 0.3) is 0 Å². The summed E-state index contributed by atoms with van der Waals surface area (Å²) in [6.07, 6.45) is 6.83. The maximum atomic E-state index is 13.8. The molecule has 0 bridgehead atoms. The first kappa shape index (κ1) is 9.96. The first-order chi connectivity index (χ1) is 8.33. The molecule has 0 aliphatic rings. The van der Waals surface area contributed by atoms with Crippen molar-refractivity contribution in [2.75, 3.05) is 0 Å². The molecule has 0 saturated heterocycles. The Bertz CT molecular complexity index is 647. The van der Waals surface area contributed by atoms with E-state index in [2.05, 4.69) is 9.97 Å². The van der Waals surface area contributed by atoms with Gasteiger partial charge in [-0.05, 0) is 12.1 Å². The van der Waals surface area contributed by atoms with E-state index in [1.54, 1.807) is 18.7 Å². The molecule has 17 heavy (non-hydrogen) atoms. The zero-order valence-corrected chi connectivity index (χ0v) is 9.05. The van der Waals surface area contributed by atoms with E-state index in [4.69, 9.17) is 0 Å². The number of pyridine rings is 1. The lowest BCUT2D eigenvalue weighted by atomic mass is 10.1. The van der Waals surface area contributed by atoms with E-state index in [9.17, 15) is 4.39 Å². The number of nitrogens with zero attached hydrogens (tertiary/aromatic N) is 3. The second-order valence-corrected chi connectivity index (χ2v) is 3.87. The van der Waals surface area contributed by atoms with Crippen LogP contribution in [0.4, 0.5) is 4.39 Å². The topological polar surface area (TPSA) is 30.7 Å². The van der Waals surface area contributed by atoms with Crippen LogP contribution in [-0.4, -0.2) is 14.5 Å². The zero-order chi connectivity index (χ0) is 11.7. The summed E-state index contributed by atoms with van der Waals surface area (Å²) in [6, 6.07) is 7.08. The largest absolute Gasteiger partial charge is 0.333 e. The molecule has 3 rings (SSSR count). The minimum Gasteiger partial charge on any atom is -0.333 e. The summed E-state index contributed by atoms with van der Waals surface area (Å²) in [5.41, 5.74) is 1.32. The van der Waals surface area contributed by atoms with Crippen LogP contribution >= 0.6 is 0 Å². The third-order valence-corrected chi connectivity index (χ3v) is 2.68. The van der Waals surface area contributed by atoms with Crippen molar-refractivity contribution >= 4 is 10.9 Å². The highest BCUT2D eigenvalue weighted by molar-refractivity contribution is 5.79. The number of imidazole rings is 1. The van der Waals surface area contributed by atoms with Gasteiger partial charge < -0.3 is 4.57 Å². The third-order valence-electron chi connectivity index (χ3n) is 2.68. The van der Waals surface area contributed by atoms with Gasteiger partial charge in [-0.25, -0.2) is 9.37 Å². The Morgan fingerprint density at radius 3 is 3.00 bits per heavy atom.